The van der Waals surface area contributed by atoms with Crippen molar-refractivity contribution in [3.8, 4) is 5.75 Å². The largest absolute Gasteiger partial charge is 0.497 e. The predicted molar refractivity (Wildman–Crippen MR) is 99.8 cm³/mol. The number of carbonyl (C=O) groups is 2. The number of anilines is 2. The summed E-state index contributed by atoms with van der Waals surface area (Å²) in [6.07, 6.45) is 2.19. The maximum absolute atomic E-state index is 13.0. The Bertz CT molecular complexity index is 817. The molecule has 0 spiro atoms. The van der Waals surface area contributed by atoms with E-state index in [4.69, 9.17) is 4.74 Å². The summed E-state index contributed by atoms with van der Waals surface area (Å²) in [5, 5.41) is 0. The van der Waals surface area contributed by atoms with Gasteiger partial charge >= 0.3 is 0 Å². The van der Waals surface area contributed by atoms with E-state index >= 15 is 0 Å². The monoisotopic (exact) mass is 368 g/mol. The molecular formula is C20H24N4O3+2. The molecule has 140 valence electrons. The quantitative estimate of drug-likeness (QED) is 0.742. The Morgan fingerprint density at radius 3 is 2.44 bits per heavy atom. The van der Waals surface area contributed by atoms with Crippen molar-refractivity contribution < 1.29 is 24.2 Å². The van der Waals surface area contributed by atoms with Gasteiger partial charge in [0.2, 0.25) is 5.91 Å². The van der Waals surface area contributed by atoms with Crippen LogP contribution in [0.4, 0.5) is 11.5 Å². The number of amides is 2. The van der Waals surface area contributed by atoms with Crippen molar-refractivity contribution in [1.82, 2.24) is 0 Å². The lowest BCUT2D eigenvalue weighted by molar-refractivity contribution is -0.915. The number of piperazine rings is 1. The molecule has 2 aromatic rings. The number of H-pyrrole nitrogens is 1. The van der Waals surface area contributed by atoms with Gasteiger partial charge in [0.25, 0.3) is 11.7 Å². The van der Waals surface area contributed by atoms with Crippen molar-refractivity contribution in [2.45, 2.75) is 12.5 Å². The molecule has 4 rings (SSSR count). The van der Waals surface area contributed by atoms with Crippen LogP contribution in [0, 0.1) is 0 Å². The molecule has 2 fully saturated rings. The molecule has 1 aromatic carbocycles. The first-order chi connectivity index (χ1) is 13.2. The Morgan fingerprint density at radius 2 is 1.81 bits per heavy atom. The molecule has 7 heteroatoms. The van der Waals surface area contributed by atoms with E-state index in [1.165, 1.54) is 9.80 Å². The van der Waals surface area contributed by atoms with Crippen LogP contribution in [0.15, 0.2) is 48.7 Å². The Morgan fingerprint density at radius 1 is 1.07 bits per heavy atom. The second kappa shape index (κ2) is 7.36. The van der Waals surface area contributed by atoms with Crippen molar-refractivity contribution in [3.05, 3.63) is 48.7 Å². The molecule has 7 nitrogen and oxygen atoms in total. The van der Waals surface area contributed by atoms with Crippen LogP contribution in [0.25, 0.3) is 0 Å². The Kier molecular flexibility index (Phi) is 4.77. The molecule has 0 saturated carbocycles. The highest BCUT2D eigenvalue weighted by atomic mass is 16.5. The summed E-state index contributed by atoms with van der Waals surface area (Å²) < 4.78 is 5.15. The fourth-order valence-electron chi connectivity index (χ4n) is 3.92. The van der Waals surface area contributed by atoms with Crippen LogP contribution in [0.5, 0.6) is 5.75 Å². The molecule has 2 N–H and O–H groups in total. The molecule has 3 heterocycles. The number of ether oxygens (including phenoxy) is 1. The van der Waals surface area contributed by atoms with Gasteiger partial charge in [0.05, 0.1) is 25.4 Å². The normalized spacial score (nSPS) is 21.0. The fraction of sp³-hybridized carbons (Fsp3) is 0.350. The minimum Gasteiger partial charge on any atom is -0.497 e. The number of hydrogen-bond acceptors (Lipinski definition) is 4. The average Bonchev–Trinajstić information content (AvgIpc) is 3.03. The van der Waals surface area contributed by atoms with Gasteiger partial charge in [-0.05, 0) is 30.3 Å². The fourth-order valence-corrected chi connectivity index (χ4v) is 3.92. The summed E-state index contributed by atoms with van der Waals surface area (Å²) in [6, 6.07) is 12.8. The van der Waals surface area contributed by atoms with Gasteiger partial charge in [-0.1, -0.05) is 6.07 Å². The number of methoxy groups -OCH3 is 1. The number of carbonyl (C=O) groups excluding carboxylic acids is 2. The van der Waals surface area contributed by atoms with E-state index in [1.54, 1.807) is 31.4 Å². The number of nitrogens with zero attached hydrogens (tertiary/aromatic N) is 2. The van der Waals surface area contributed by atoms with Crippen LogP contribution in [0.2, 0.25) is 0 Å². The standard InChI is InChI=1S/C20H22N4O3/c1-27-16-7-5-15(6-8-16)24-19(25)14-17(20(24)26)22-10-12-23(13-11-22)18-4-2-3-9-21-18/h2-9,17H,10-14H2,1H3/p+2/t17-/m0/s1. The summed E-state index contributed by atoms with van der Waals surface area (Å²) >= 11 is 0. The Balaban J connectivity index is 1.43. The average molecular weight is 368 g/mol. The third-order valence-electron chi connectivity index (χ3n) is 5.41. The second-order valence-corrected chi connectivity index (χ2v) is 6.92. The number of quaternary nitrogens is 1. The summed E-state index contributed by atoms with van der Waals surface area (Å²) in [6.45, 7) is 3.39. The summed E-state index contributed by atoms with van der Waals surface area (Å²) in [5.41, 5.74) is 0.616. The van der Waals surface area contributed by atoms with Gasteiger partial charge in [-0.3, -0.25) is 14.5 Å². The first-order valence-electron chi connectivity index (χ1n) is 9.24. The SMILES string of the molecule is COc1ccc(N2C(=O)C[C@H]([NH+]3CCN(c4cccc[nH+]4)CC3)C2=O)cc1. The van der Waals surface area contributed by atoms with Crippen molar-refractivity contribution >= 4 is 23.3 Å². The van der Waals surface area contributed by atoms with Crippen LogP contribution >= 0.6 is 0 Å². The number of benzene rings is 1. The molecule has 0 unspecified atom stereocenters. The van der Waals surface area contributed by atoms with E-state index in [1.807, 2.05) is 18.3 Å². The molecule has 1 atom stereocenters. The molecule has 2 amide bonds. The molecule has 1 aromatic heterocycles. The number of pyridine rings is 1. The summed E-state index contributed by atoms with van der Waals surface area (Å²) in [4.78, 5) is 33.5. The number of rotatable bonds is 4. The zero-order valence-electron chi connectivity index (χ0n) is 15.4. The topological polar surface area (TPSA) is 68.4 Å². The van der Waals surface area contributed by atoms with Crippen molar-refractivity contribution in [1.29, 1.82) is 0 Å². The van der Waals surface area contributed by atoms with Crippen LogP contribution < -0.4 is 24.4 Å². The number of aromatic amines is 1. The van der Waals surface area contributed by atoms with Gasteiger partial charge in [0.15, 0.2) is 6.04 Å². The van der Waals surface area contributed by atoms with Gasteiger partial charge in [0.1, 0.15) is 31.9 Å². The number of hydrogen-bond donors (Lipinski definition) is 1. The maximum atomic E-state index is 13.0. The highest BCUT2D eigenvalue weighted by Gasteiger charge is 2.47. The van der Waals surface area contributed by atoms with Gasteiger partial charge < -0.3 is 9.64 Å². The molecule has 0 bridgehead atoms. The molecule has 2 aliphatic heterocycles. The molecular weight excluding hydrogens is 344 g/mol. The highest BCUT2D eigenvalue weighted by molar-refractivity contribution is 6.21. The highest BCUT2D eigenvalue weighted by Crippen LogP contribution is 2.24. The van der Waals surface area contributed by atoms with Crippen molar-refractivity contribution in [2.24, 2.45) is 0 Å². The molecule has 27 heavy (non-hydrogen) atoms. The number of nitrogens with one attached hydrogen (secondary N) is 2. The number of aromatic nitrogens is 1. The minimum atomic E-state index is -0.290. The van der Waals surface area contributed by atoms with Gasteiger partial charge in [0, 0.05) is 6.07 Å². The number of imide groups is 1. The van der Waals surface area contributed by atoms with Gasteiger partial charge in [-0.2, -0.15) is 0 Å². The van der Waals surface area contributed by atoms with Crippen LogP contribution in [0.1, 0.15) is 6.42 Å². The zero-order valence-corrected chi connectivity index (χ0v) is 15.4. The third-order valence-corrected chi connectivity index (χ3v) is 5.41. The van der Waals surface area contributed by atoms with Crippen molar-refractivity contribution in [3.63, 3.8) is 0 Å². The first-order valence-corrected chi connectivity index (χ1v) is 9.24. The zero-order chi connectivity index (χ0) is 18.8. The van der Waals surface area contributed by atoms with E-state index in [0.717, 1.165) is 32.0 Å². The lowest BCUT2D eigenvalue weighted by Crippen LogP contribution is -3.19. The van der Waals surface area contributed by atoms with E-state index in [0.29, 0.717) is 11.4 Å². The van der Waals surface area contributed by atoms with Gasteiger partial charge in [-0.15, -0.1) is 0 Å². The van der Waals surface area contributed by atoms with Crippen molar-refractivity contribution in [2.75, 3.05) is 43.1 Å². The van der Waals surface area contributed by atoms with Gasteiger partial charge in [-0.25, -0.2) is 9.88 Å². The van der Waals surface area contributed by atoms with E-state index in [2.05, 4.69) is 16.0 Å². The Labute approximate surface area is 158 Å². The first kappa shape index (κ1) is 17.5. The second-order valence-electron chi connectivity index (χ2n) is 6.92. The molecule has 2 aliphatic rings. The maximum Gasteiger partial charge on any atom is 0.292 e. The summed E-state index contributed by atoms with van der Waals surface area (Å²) in [7, 11) is 1.59. The molecule has 2 saturated heterocycles. The minimum absolute atomic E-state index is 0.0973. The lowest BCUT2D eigenvalue weighted by Gasteiger charge is -2.31. The summed E-state index contributed by atoms with van der Waals surface area (Å²) in [5.74, 6) is 1.57. The smallest absolute Gasteiger partial charge is 0.292 e. The lowest BCUT2D eigenvalue weighted by atomic mass is 10.1. The molecule has 0 aliphatic carbocycles. The van der Waals surface area contributed by atoms with E-state index in [-0.39, 0.29) is 24.3 Å². The Hall–Kier alpha value is -2.93. The van der Waals surface area contributed by atoms with E-state index in [9.17, 15) is 9.59 Å². The van der Waals surface area contributed by atoms with Crippen LogP contribution in [-0.4, -0.2) is 51.1 Å². The van der Waals surface area contributed by atoms with E-state index < -0.39 is 0 Å². The molecule has 0 radical (unpaired) electrons. The third kappa shape index (κ3) is 3.38. The van der Waals surface area contributed by atoms with Crippen LogP contribution in [0.3, 0.4) is 0 Å². The predicted octanol–water partition coefficient (Wildman–Crippen LogP) is -0.454. The van der Waals surface area contributed by atoms with Crippen LogP contribution in [-0.2, 0) is 9.59 Å².